The molecule has 2 aromatic rings. The van der Waals surface area contributed by atoms with Crippen molar-refractivity contribution < 1.29 is 33.0 Å². The summed E-state index contributed by atoms with van der Waals surface area (Å²) < 4.78 is 28.9. The van der Waals surface area contributed by atoms with Crippen LogP contribution < -0.4 is 10.6 Å². The number of ether oxygens (including phenoxy) is 1. The predicted molar refractivity (Wildman–Crippen MR) is 116 cm³/mol. The van der Waals surface area contributed by atoms with Crippen LogP contribution in [0.25, 0.3) is 6.08 Å². The van der Waals surface area contributed by atoms with Crippen LogP contribution in [0.2, 0.25) is 0 Å². The van der Waals surface area contributed by atoms with Gasteiger partial charge in [0.15, 0.2) is 0 Å². The third-order valence-corrected chi connectivity index (χ3v) is 3.59. The standard InChI is InChI=1S/C13H17NO3.C10H9F2NO2/c1-13(2,3)17-12(16)14-8-10-5-4-6-11(7-10)9-15;11-9(12)5-7-2-1-3-8(4-7)6-13-10(14)15/h4-7,9H,8H2,1-3H3,(H,14,16);1-5,13H,6H2,(H,14,15). The SMILES string of the molecule is CC(C)(C)OC(=O)NCc1cccc(C=O)c1.O=C(O)NCc1cccc(C=C(F)F)c1. The number of carbonyl (C=O) groups excluding carboxylic acids is 2. The van der Waals surface area contributed by atoms with Gasteiger partial charge in [-0.15, -0.1) is 0 Å². The summed E-state index contributed by atoms with van der Waals surface area (Å²) in [6.45, 7) is 5.86. The van der Waals surface area contributed by atoms with Gasteiger partial charge in [0.1, 0.15) is 11.9 Å². The van der Waals surface area contributed by atoms with Gasteiger partial charge < -0.3 is 20.5 Å². The summed E-state index contributed by atoms with van der Waals surface area (Å²) in [5.74, 6) is 0. The maximum atomic E-state index is 11.9. The maximum Gasteiger partial charge on any atom is 0.407 e. The Morgan fingerprint density at radius 1 is 0.969 bits per heavy atom. The van der Waals surface area contributed by atoms with E-state index in [4.69, 9.17) is 9.84 Å². The van der Waals surface area contributed by atoms with E-state index in [0.29, 0.717) is 23.2 Å². The minimum Gasteiger partial charge on any atom is -0.465 e. The fourth-order valence-corrected chi connectivity index (χ4v) is 2.36. The van der Waals surface area contributed by atoms with Gasteiger partial charge in [0, 0.05) is 24.7 Å². The molecule has 9 heteroatoms. The fraction of sp³-hybridized carbons (Fsp3) is 0.261. The Balaban J connectivity index is 0.000000323. The molecule has 0 saturated carbocycles. The van der Waals surface area contributed by atoms with Crippen LogP contribution in [-0.2, 0) is 17.8 Å². The van der Waals surface area contributed by atoms with E-state index in [1.165, 1.54) is 12.1 Å². The summed E-state index contributed by atoms with van der Waals surface area (Å²) in [7, 11) is 0. The minimum atomic E-state index is -1.78. The summed E-state index contributed by atoms with van der Waals surface area (Å²) in [5, 5.41) is 13.1. The van der Waals surface area contributed by atoms with Crippen molar-refractivity contribution >= 4 is 24.5 Å². The average molecular weight is 448 g/mol. The zero-order valence-corrected chi connectivity index (χ0v) is 18.0. The molecule has 0 saturated heterocycles. The molecule has 0 atom stereocenters. The van der Waals surface area contributed by atoms with Crippen molar-refractivity contribution in [2.75, 3.05) is 0 Å². The second-order valence-electron chi connectivity index (χ2n) is 7.56. The van der Waals surface area contributed by atoms with Gasteiger partial charge in [0.25, 0.3) is 6.08 Å². The van der Waals surface area contributed by atoms with E-state index in [2.05, 4.69) is 10.6 Å². The van der Waals surface area contributed by atoms with E-state index in [1.54, 1.807) is 51.1 Å². The maximum absolute atomic E-state index is 11.9. The van der Waals surface area contributed by atoms with Crippen molar-refractivity contribution in [2.24, 2.45) is 0 Å². The Hall–Kier alpha value is -3.75. The average Bonchev–Trinajstić information content (AvgIpc) is 2.70. The Kier molecular flexibility index (Phi) is 10.5. The Bertz CT molecular complexity index is 951. The van der Waals surface area contributed by atoms with Crippen molar-refractivity contribution in [1.82, 2.24) is 10.6 Å². The van der Waals surface area contributed by atoms with Crippen LogP contribution in [0.3, 0.4) is 0 Å². The highest BCUT2D eigenvalue weighted by Gasteiger charge is 2.15. The van der Waals surface area contributed by atoms with Crippen molar-refractivity contribution in [3.05, 3.63) is 76.9 Å². The number of hydrogen-bond acceptors (Lipinski definition) is 4. The van der Waals surface area contributed by atoms with Gasteiger partial charge in [-0.3, -0.25) is 4.79 Å². The number of nitrogens with one attached hydrogen (secondary N) is 2. The normalized spacial score (nSPS) is 10.2. The molecular formula is C23H26F2N2O5. The molecule has 0 aliphatic rings. The van der Waals surface area contributed by atoms with Crippen LogP contribution in [-0.4, -0.2) is 29.2 Å². The first-order valence-corrected chi connectivity index (χ1v) is 9.58. The molecule has 2 amide bonds. The minimum absolute atomic E-state index is 0.102. The predicted octanol–water partition coefficient (Wildman–Crippen LogP) is 5.22. The molecule has 0 aliphatic carbocycles. The van der Waals surface area contributed by atoms with E-state index in [0.717, 1.165) is 17.9 Å². The molecule has 0 fully saturated rings. The van der Waals surface area contributed by atoms with Crippen molar-refractivity contribution in [2.45, 2.75) is 39.5 Å². The second kappa shape index (κ2) is 12.8. The molecule has 7 nitrogen and oxygen atoms in total. The van der Waals surface area contributed by atoms with Gasteiger partial charge in [0.05, 0.1) is 0 Å². The molecular weight excluding hydrogens is 422 g/mol. The highest BCUT2D eigenvalue weighted by molar-refractivity contribution is 5.75. The van der Waals surface area contributed by atoms with Crippen molar-refractivity contribution in [3.8, 4) is 0 Å². The molecule has 32 heavy (non-hydrogen) atoms. The Morgan fingerprint density at radius 3 is 2.00 bits per heavy atom. The van der Waals surface area contributed by atoms with Gasteiger partial charge in [-0.05, 0) is 49.6 Å². The molecule has 0 aliphatic heterocycles. The van der Waals surface area contributed by atoms with E-state index in [-0.39, 0.29) is 6.54 Å². The van der Waals surface area contributed by atoms with Crippen LogP contribution >= 0.6 is 0 Å². The van der Waals surface area contributed by atoms with E-state index >= 15 is 0 Å². The Labute approximate surface area is 185 Å². The monoisotopic (exact) mass is 448 g/mol. The van der Waals surface area contributed by atoms with Crippen LogP contribution in [0, 0.1) is 0 Å². The fourth-order valence-electron chi connectivity index (χ4n) is 2.36. The van der Waals surface area contributed by atoms with Gasteiger partial charge in [0.2, 0.25) is 0 Å². The summed E-state index contributed by atoms with van der Waals surface area (Å²) in [6, 6.07) is 13.3. The molecule has 3 N–H and O–H groups in total. The molecule has 0 bridgehead atoms. The lowest BCUT2D eigenvalue weighted by Gasteiger charge is -2.19. The third-order valence-electron chi connectivity index (χ3n) is 3.59. The highest BCUT2D eigenvalue weighted by Crippen LogP contribution is 2.11. The van der Waals surface area contributed by atoms with Crippen molar-refractivity contribution in [3.63, 3.8) is 0 Å². The molecule has 172 valence electrons. The zero-order valence-electron chi connectivity index (χ0n) is 18.0. The van der Waals surface area contributed by atoms with Gasteiger partial charge >= 0.3 is 12.2 Å². The summed E-state index contributed by atoms with van der Waals surface area (Å²) in [6.07, 6.45) is -1.89. The number of alkyl carbamates (subject to hydrolysis) is 1. The molecule has 0 spiro atoms. The number of halogens is 2. The molecule has 0 aromatic heterocycles. The second-order valence-corrected chi connectivity index (χ2v) is 7.56. The number of hydrogen-bond donors (Lipinski definition) is 3. The number of carboxylic acid groups (broad SMARTS) is 1. The first-order valence-electron chi connectivity index (χ1n) is 9.58. The number of amides is 2. The van der Waals surface area contributed by atoms with Gasteiger partial charge in [-0.25, -0.2) is 9.59 Å². The summed E-state index contributed by atoms with van der Waals surface area (Å²) in [5.41, 5.74) is 1.93. The van der Waals surface area contributed by atoms with E-state index < -0.39 is 23.9 Å². The van der Waals surface area contributed by atoms with E-state index in [1.807, 2.05) is 6.07 Å². The summed E-state index contributed by atoms with van der Waals surface area (Å²) in [4.78, 5) is 32.1. The highest BCUT2D eigenvalue weighted by atomic mass is 19.3. The van der Waals surface area contributed by atoms with Gasteiger partial charge in [-0.1, -0.05) is 36.4 Å². The smallest absolute Gasteiger partial charge is 0.407 e. The number of benzene rings is 2. The van der Waals surface area contributed by atoms with Crippen LogP contribution in [0.1, 0.15) is 47.8 Å². The molecule has 0 heterocycles. The lowest BCUT2D eigenvalue weighted by Crippen LogP contribution is -2.32. The topological polar surface area (TPSA) is 105 Å². The quantitative estimate of drug-likeness (QED) is 0.526. The van der Waals surface area contributed by atoms with Crippen LogP contribution in [0.5, 0.6) is 0 Å². The van der Waals surface area contributed by atoms with Crippen LogP contribution in [0.4, 0.5) is 18.4 Å². The molecule has 0 radical (unpaired) electrons. The Morgan fingerprint density at radius 2 is 1.50 bits per heavy atom. The first-order chi connectivity index (χ1) is 15.0. The summed E-state index contributed by atoms with van der Waals surface area (Å²) >= 11 is 0. The number of carbonyl (C=O) groups is 3. The molecule has 2 aromatic carbocycles. The van der Waals surface area contributed by atoms with Gasteiger partial charge in [-0.2, -0.15) is 8.78 Å². The molecule has 0 unspecified atom stereocenters. The zero-order chi connectivity index (χ0) is 24.1. The lowest BCUT2D eigenvalue weighted by atomic mass is 10.1. The first kappa shape index (κ1) is 26.3. The molecule has 2 rings (SSSR count). The number of aldehydes is 1. The van der Waals surface area contributed by atoms with Crippen LogP contribution in [0.15, 0.2) is 54.6 Å². The van der Waals surface area contributed by atoms with E-state index in [9.17, 15) is 23.2 Å². The lowest BCUT2D eigenvalue weighted by molar-refractivity contribution is 0.0523. The largest absolute Gasteiger partial charge is 0.465 e. The van der Waals surface area contributed by atoms with Crippen molar-refractivity contribution in [1.29, 1.82) is 0 Å². The third kappa shape index (κ3) is 12.1. The number of rotatable bonds is 6.